The average Bonchev–Trinajstić information content (AvgIpc) is 2.47. The maximum absolute atomic E-state index is 3.83. The van der Waals surface area contributed by atoms with Gasteiger partial charge in [-0.15, -0.1) is 0 Å². The Labute approximate surface area is 94.1 Å². The van der Waals surface area contributed by atoms with E-state index < -0.39 is 0 Å². The first-order valence-electron chi connectivity index (χ1n) is 5.54. The zero-order valence-electron chi connectivity index (χ0n) is 10.9. The van der Waals surface area contributed by atoms with Crippen molar-refractivity contribution in [2.24, 2.45) is 7.05 Å². The van der Waals surface area contributed by atoms with E-state index in [0.717, 1.165) is 0 Å². The van der Waals surface area contributed by atoms with E-state index in [9.17, 15) is 0 Å². The van der Waals surface area contributed by atoms with Crippen LogP contribution in [0.1, 0.15) is 43.3 Å². The third-order valence-electron chi connectivity index (χ3n) is 2.61. The fraction of sp³-hybridized carbons (Fsp3) is 0.429. The third kappa shape index (κ3) is 2.62. The molecule has 1 rings (SSSR count). The molecule has 0 atom stereocenters. The molecule has 1 heteroatoms. The average molecular weight is 205 g/mol. The van der Waals surface area contributed by atoms with Gasteiger partial charge in [-0.2, -0.15) is 0 Å². The van der Waals surface area contributed by atoms with Gasteiger partial charge >= 0.3 is 0 Å². The molecule has 1 aromatic rings. The summed E-state index contributed by atoms with van der Waals surface area (Å²) in [5.74, 6) is 0. The summed E-state index contributed by atoms with van der Waals surface area (Å²) in [6.07, 6.45) is 6.11. The fourth-order valence-corrected chi connectivity index (χ4v) is 1.62. The molecular weight excluding hydrogens is 182 g/mol. The normalized spacial score (nSPS) is 10.0. The summed E-state index contributed by atoms with van der Waals surface area (Å²) in [6.45, 7) is 14.2. The van der Waals surface area contributed by atoms with Crippen molar-refractivity contribution in [2.45, 2.75) is 34.6 Å². The Morgan fingerprint density at radius 2 is 1.73 bits per heavy atom. The lowest BCUT2D eigenvalue weighted by Crippen LogP contribution is -1.93. The van der Waals surface area contributed by atoms with Crippen LogP contribution in [-0.2, 0) is 7.05 Å². The van der Waals surface area contributed by atoms with Crippen molar-refractivity contribution in [3.63, 3.8) is 0 Å². The molecule has 0 aliphatic rings. The monoisotopic (exact) mass is 205 g/mol. The Bertz CT molecular complexity index is 354. The van der Waals surface area contributed by atoms with E-state index in [-0.39, 0.29) is 0 Å². The smallest absolute Gasteiger partial charge is 0.0476 e. The molecule has 0 amide bonds. The molecule has 1 aromatic heterocycles. The molecule has 0 radical (unpaired) electrons. The summed E-state index contributed by atoms with van der Waals surface area (Å²) in [4.78, 5) is 0. The van der Waals surface area contributed by atoms with Crippen molar-refractivity contribution in [3.8, 4) is 0 Å². The van der Waals surface area contributed by atoms with Crippen LogP contribution in [0.3, 0.4) is 0 Å². The molecule has 0 fully saturated rings. The Morgan fingerprint density at radius 3 is 2.13 bits per heavy atom. The molecule has 0 saturated carbocycles. The lowest BCUT2D eigenvalue weighted by atomic mass is 10.1. The number of allylic oxidation sites excluding steroid dienone is 1. The van der Waals surface area contributed by atoms with Gasteiger partial charge in [0.15, 0.2) is 0 Å². The second kappa shape index (κ2) is 6.28. The Balaban J connectivity index is 0.000000921. The van der Waals surface area contributed by atoms with E-state index in [1.54, 1.807) is 0 Å². The zero-order valence-corrected chi connectivity index (χ0v) is 10.9. The van der Waals surface area contributed by atoms with E-state index in [0.29, 0.717) is 0 Å². The van der Waals surface area contributed by atoms with Gasteiger partial charge in [-0.1, -0.05) is 32.6 Å². The number of hydrogen-bond acceptors (Lipinski definition) is 0. The molecule has 0 bridgehead atoms. The minimum atomic E-state index is 1.20. The van der Waals surface area contributed by atoms with E-state index >= 15 is 0 Å². The second-order valence-corrected chi connectivity index (χ2v) is 3.27. The quantitative estimate of drug-likeness (QED) is 0.676. The molecule has 0 saturated heterocycles. The van der Waals surface area contributed by atoms with Crippen molar-refractivity contribution in [1.29, 1.82) is 0 Å². The highest BCUT2D eigenvalue weighted by Crippen LogP contribution is 2.23. The standard InChI is InChI=1S/C12H17N.C2H6/c1-6-8-11-9(3)10(4)13(5)12(11)7-2;1-2/h6-8H,2H2,1,3-5H3;1-2H3/b8-6-;. The van der Waals surface area contributed by atoms with Crippen LogP contribution in [0, 0.1) is 13.8 Å². The van der Waals surface area contributed by atoms with Crippen molar-refractivity contribution in [1.82, 2.24) is 4.57 Å². The minimum Gasteiger partial charge on any atom is -0.348 e. The molecule has 0 aliphatic carbocycles. The highest BCUT2D eigenvalue weighted by molar-refractivity contribution is 5.67. The maximum Gasteiger partial charge on any atom is 0.0476 e. The van der Waals surface area contributed by atoms with Gasteiger partial charge in [0.25, 0.3) is 0 Å². The van der Waals surface area contributed by atoms with Gasteiger partial charge in [0, 0.05) is 24.0 Å². The van der Waals surface area contributed by atoms with Crippen LogP contribution in [0.25, 0.3) is 12.2 Å². The Hall–Kier alpha value is -1.24. The number of hydrogen-bond donors (Lipinski definition) is 0. The van der Waals surface area contributed by atoms with Gasteiger partial charge in [-0.3, -0.25) is 0 Å². The summed E-state index contributed by atoms with van der Waals surface area (Å²) in [7, 11) is 2.08. The van der Waals surface area contributed by atoms with Gasteiger partial charge in [0.1, 0.15) is 0 Å². The van der Waals surface area contributed by atoms with Gasteiger partial charge in [-0.25, -0.2) is 0 Å². The van der Waals surface area contributed by atoms with Gasteiger partial charge in [0.2, 0.25) is 0 Å². The third-order valence-corrected chi connectivity index (χ3v) is 2.61. The fourth-order valence-electron chi connectivity index (χ4n) is 1.62. The molecule has 1 heterocycles. The van der Waals surface area contributed by atoms with Crippen LogP contribution in [0.5, 0.6) is 0 Å². The van der Waals surface area contributed by atoms with E-state index in [2.05, 4.69) is 44.2 Å². The van der Waals surface area contributed by atoms with Crippen LogP contribution >= 0.6 is 0 Å². The lowest BCUT2D eigenvalue weighted by molar-refractivity contribution is 0.866. The highest BCUT2D eigenvalue weighted by atomic mass is 15.0. The summed E-state index contributed by atoms with van der Waals surface area (Å²) in [6, 6.07) is 0. The lowest BCUT2D eigenvalue weighted by Gasteiger charge is -1.99. The molecule has 0 spiro atoms. The van der Waals surface area contributed by atoms with Gasteiger partial charge in [0.05, 0.1) is 0 Å². The van der Waals surface area contributed by atoms with E-state index in [1.165, 1.54) is 22.5 Å². The summed E-state index contributed by atoms with van der Waals surface area (Å²) >= 11 is 0. The van der Waals surface area contributed by atoms with Crippen LogP contribution in [0.2, 0.25) is 0 Å². The predicted octanol–water partition coefficient (Wildman–Crippen LogP) is 4.34. The number of nitrogens with zero attached hydrogens (tertiary/aromatic N) is 1. The zero-order chi connectivity index (χ0) is 12.0. The van der Waals surface area contributed by atoms with Gasteiger partial charge < -0.3 is 4.57 Å². The second-order valence-electron chi connectivity index (χ2n) is 3.27. The minimum absolute atomic E-state index is 1.20. The summed E-state index contributed by atoms with van der Waals surface area (Å²) in [5, 5.41) is 0. The van der Waals surface area contributed by atoms with Gasteiger partial charge in [-0.05, 0) is 32.4 Å². The molecular formula is C14H23N. The Morgan fingerprint density at radius 1 is 1.20 bits per heavy atom. The summed E-state index contributed by atoms with van der Waals surface area (Å²) < 4.78 is 2.18. The summed E-state index contributed by atoms with van der Waals surface area (Å²) in [5.41, 5.74) is 5.14. The predicted molar refractivity (Wildman–Crippen MR) is 71.0 cm³/mol. The number of rotatable bonds is 2. The molecule has 84 valence electrons. The number of aromatic nitrogens is 1. The van der Waals surface area contributed by atoms with E-state index in [4.69, 9.17) is 0 Å². The maximum atomic E-state index is 3.83. The molecule has 0 aliphatic heterocycles. The van der Waals surface area contributed by atoms with Crippen LogP contribution in [0.4, 0.5) is 0 Å². The Kier molecular flexibility index (Phi) is 5.76. The molecule has 0 unspecified atom stereocenters. The molecule has 0 aromatic carbocycles. The molecule has 15 heavy (non-hydrogen) atoms. The SMILES string of the molecule is C=Cc1c(/C=C\C)c(C)c(C)n1C.CC. The van der Waals surface area contributed by atoms with Crippen LogP contribution < -0.4 is 0 Å². The topological polar surface area (TPSA) is 4.93 Å². The van der Waals surface area contributed by atoms with Crippen molar-refractivity contribution in [3.05, 3.63) is 35.2 Å². The molecule has 0 N–H and O–H groups in total. The van der Waals surface area contributed by atoms with Crippen molar-refractivity contribution in [2.75, 3.05) is 0 Å². The van der Waals surface area contributed by atoms with E-state index in [1.807, 2.05) is 26.8 Å². The first-order chi connectivity index (χ1) is 7.13. The van der Waals surface area contributed by atoms with Crippen LogP contribution in [-0.4, -0.2) is 4.57 Å². The highest BCUT2D eigenvalue weighted by Gasteiger charge is 2.09. The first kappa shape index (κ1) is 13.8. The first-order valence-corrected chi connectivity index (χ1v) is 5.54. The molecule has 1 nitrogen and oxygen atoms in total. The van der Waals surface area contributed by atoms with Crippen LogP contribution in [0.15, 0.2) is 12.7 Å². The van der Waals surface area contributed by atoms with Crippen molar-refractivity contribution < 1.29 is 0 Å². The van der Waals surface area contributed by atoms with Crippen molar-refractivity contribution >= 4 is 12.2 Å². The largest absolute Gasteiger partial charge is 0.348 e.